The Balaban J connectivity index is 0.000000686. The number of anilines is 1. The summed E-state index contributed by atoms with van der Waals surface area (Å²) < 4.78 is 0. The number of nitrogens with one attached hydrogen (secondary N) is 1. The smallest absolute Gasteiger partial charge is 0.322 e. The maximum atomic E-state index is 10.3. The van der Waals surface area contributed by atoms with Crippen LogP contribution in [-0.4, -0.2) is 22.6 Å². The molecule has 90 valence electrons. The van der Waals surface area contributed by atoms with E-state index in [1.165, 1.54) is 0 Å². The van der Waals surface area contributed by atoms with E-state index < -0.39 is 5.97 Å². The first-order valence-corrected chi connectivity index (χ1v) is 4.90. The Labute approximate surface area is 98.2 Å². The van der Waals surface area contributed by atoms with Gasteiger partial charge >= 0.3 is 5.97 Å². The second kappa shape index (κ2) is 6.41. The molecule has 1 aromatic heterocycles. The van der Waals surface area contributed by atoms with Crippen LogP contribution in [0.5, 0.6) is 0 Å². The van der Waals surface area contributed by atoms with Crippen molar-refractivity contribution in [2.75, 3.05) is 11.9 Å². The second-order valence-corrected chi connectivity index (χ2v) is 3.14. The highest BCUT2D eigenvalue weighted by Gasteiger charge is 1.99. The van der Waals surface area contributed by atoms with Gasteiger partial charge in [-0.25, -0.2) is 4.98 Å². The standard InChI is InChI=1S/C11H10N2O2.H4N2/c14-11(15)7-12-10-6-5-8-3-1-2-4-9(8)13-10;1-2/h1-6H,7H2,(H,12,13)(H,14,15);1-2H2. The van der Waals surface area contributed by atoms with E-state index in [1.54, 1.807) is 6.07 Å². The van der Waals surface area contributed by atoms with E-state index in [1.807, 2.05) is 30.3 Å². The molecule has 0 atom stereocenters. The SMILES string of the molecule is NN.O=C(O)CNc1ccc2ccccc2n1. The van der Waals surface area contributed by atoms with Gasteiger partial charge in [0.25, 0.3) is 0 Å². The van der Waals surface area contributed by atoms with Gasteiger partial charge in [0.1, 0.15) is 12.4 Å². The van der Waals surface area contributed by atoms with Crippen LogP contribution in [0.15, 0.2) is 36.4 Å². The molecule has 0 bridgehead atoms. The Morgan fingerprint density at radius 3 is 2.65 bits per heavy atom. The van der Waals surface area contributed by atoms with E-state index in [9.17, 15) is 4.79 Å². The molecule has 1 heterocycles. The van der Waals surface area contributed by atoms with Crippen LogP contribution in [0.25, 0.3) is 10.9 Å². The number of benzene rings is 1. The Bertz CT molecular complexity index is 502. The number of carboxylic acid groups (broad SMARTS) is 1. The van der Waals surface area contributed by atoms with Crippen molar-refractivity contribution in [3.63, 3.8) is 0 Å². The third-order valence-corrected chi connectivity index (χ3v) is 2.02. The van der Waals surface area contributed by atoms with Gasteiger partial charge in [0, 0.05) is 5.39 Å². The van der Waals surface area contributed by atoms with Crippen LogP contribution in [0.3, 0.4) is 0 Å². The molecule has 1 aromatic carbocycles. The summed E-state index contributed by atoms with van der Waals surface area (Å²) >= 11 is 0. The molecule has 6 N–H and O–H groups in total. The maximum absolute atomic E-state index is 10.3. The Morgan fingerprint density at radius 2 is 1.94 bits per heavy atom. The number of carbonyl (C=O) groups is 1. The summed E-state index contributed by atoms with van der Waals surface area (Å²) in [4.78, 5) is 14.6. The van der Waals surface area contributed by atoms with Crippen molar-refractivity contribution in [2.45, 2.75) is 0 Å². The molecule has 0 aliphatic heterocycles. The lowest BCUT2D eigenvalue weighted by molar-refractivity contribution is -0.134. The molecule has 0 fully saturated rings. The van der Waals surface area contributed by atoms with Crippen molar-refractivity contribution >= 4 is 22.7 Å². The highest BCUT2D eigenvalue weighted by atomic mass is 16.4. The zero-order chi connectivity index (χ0) is 12.7. The topological polar surface area (TPSA) is 114 Å². The summed E-state index contributed by atoms with van der Waals surface area (Å²) in [5.74, 6) is 7.68. The second-order valence-electron chi connectivity index (χ2n) is 3.14. The van der Waals surface area contributed by atoms with Crippen LogP contribution < -0.4 is 17.0 Å². The number of hydrogen-bond acceptors (Lipinski definition) is 5. The summed E-state index contributed by atoms with van der Waals surface area (Å²) in [6, 6.07) is 11.4. The van der Waals surface area contributed by atoms with Crippen molar-refractivity contribution in [3.05, 3.63) is 36.4 Å². The average Bonchev–Trinajstić information content (AvgIpc) is 2.38. The molecular weight excluding hydrogens is 220 g/mol. The summed E-state index contributed by atoms with van der Waals surface area (Å²) in [7, 11) is 0. The number of pyridine rings is 1. The first-order valence-electron chi connectivity index (χ1n) is 4.90. The van der Waals surface area contributed by atoms with Gasteiger partial charge in [0.2, 0.25) is 0 Å². The predicted molar refractivity (Wildman–Crippen MR) is 66.2 cm³/mol. The molecule has 6 nitrogen and oxygen atoms in total. The number of aromatic nitrogens is 1. The van der Waals surface area contributed by atoms with Gasteiger partial charge in [-0.15, -0.1) is 0 Å². The van der Waals surface area contributed by atoms with Crippen LogP contribution in [-0.2, 0) is 4.79 Å². The summed E-state index contributed by atoms with van der Waals surface area (Å²) in [5.41, 5.74) is 0.855. The van der Waals surface area contributed by atoms with Gasteiger partial charge < -0.3 is 10.4 Å². The van der Waals surface area contributed by atoms with E-state index in [0.29, 0.717) is 5.82 Å². The lowest BCUT2D eigenvalue weighted by atomic mass is 10.2. The average molecular weight is 234 g/mol. The molecule has 0 saturated carbocycles. The van der Waals surface area contributed by atoms with Crippen LogP contribution in [0.2, 0.25) is 0 Å². The minimum absolute atomic E-state index is 0.120. The summed E-state index contributed by atoms with van der Waals surface area (Å²) in [6.45, 7) is -0.120. The number of hydrazine groups is 1. The Hall–Kier alpha value is -2.18. The number of carboxylic acids is 1. The molecule has 0 unspecified atom stereocenters. The fourth-order valence-corrected chi connectivity index (χ4v) is 1.33. The van der Waals surface area contributed by atoms with Crippen LogP contribution >= 0.6 is 0 Å². The quantitative estimate of drug-likeness (QED) is 0.455. The third-order valence-electron chi connectivity index (χ3n) is 2.02. The molecule has 0 spiro atoms. The van der Waals surface area contributed by atoms with Crippen LogP contribution in [0.1, 0.15) is 0 Å². The highest BCUT2D eigenvalue weighted by Crippen LogP contribution is 2.13. The van der Waals surface area contributed by atoms with Gasteiger partial charge in [0.15, 0.2) is 0 Å². The number of nitrogens with zero attached hydrogens (tertiary/aromatic N) is 1. The fourth-order valence-electron chi connectivity index (χ4n) is 1.33. The first-order chi connectivity index (χ1) is 8.25. The number of aliphatic carboxylic acids is 1. The van der Waals surface area contributed by atoms with Crippen molar-refractivity contribution in [1.82, 2.24) is 4.98 Å². The van der Waals surface area contributed by atoms with E-state index >= 15 is 0 Å². The van der Waals surface area contributed by atoms with E-state index in [-0.39, 0.29) is 6.54 Å². The lowest BCUT2D eigenvalue weighted by Gasteiger charge is -2.03. The van der Waals surface area contributed by atoms with Gasteiger partial charge in [-0.05, 0) is 18.2 Å². The van der Waals surface area contributed by atoms with Gasteiger partial charge in [-0.3, -0.25) is 16.5 Å². The van der Waals surface area contributed by atoms with Crippen LogP contribution in [0.4, 0.5) is 5.82 Å². The third kappa shape index (κ3) is 3.71. The van der Waals surface area contributed by atoms with Gasteiger partial charge in [-0.1, -0.05) is 18.2 Å². The molecule has 0 radical (unpaired) electrons. The molecule has 17 heavy (non-hydrogen) atoms. The minimum Gasteiger partial charge on any atom is -0.480 e. The predicted octanol–water partition coefficient (Wildman–Crippen LogP) is 0.550. The largest absolute Gasteiger partial charge is 0.480 e. The molecular formula is C11H14N4O2. The molecule has 6 heteroatoms. The monoisotopic (exact) mass is 234 g/mol. The lowest BCUT2D eigenvalue weighted by Crippen LogP contribution is -2.13. The zero-order valence-electron chi connectivity index (χ0n) is 9.13. The Morgan fingerprint density at radius 1 is 1.24 bits per heavy atom. The van der Waals surface area contributed by atoms with E-state index in [2.05, 4.69) is 22.0 Å². The number of para-hydroxylation sites is 1. The zero-order valence-corrected chi connectivity index (χ0v) is 9.13. The van der Waals surface area contributed by atoms with Gasteiger partial charge in [0.05, 0.1) is 5.52 Å². The minimum atomic E-state index is -0.898. The molecule has 2 aromatic rings. The Kier molecular flexibility index (Phi) is 4.86. The van der Waals surface area contributed by atoms with Crippen molar-refractivity contribution < 1.29 is 9.90 Å². The number of fused-ring (bicyclic) bond motifs is 1. The van der Waals surface area contributed by atoms with Crippen molar-refractivity contribution in [1.29, 1.82) is 0 Å². The highest BCUT2D eigenvalue weighted by molar-refractivity contribution is 5.80. The van der Waals surface area contributed by atoms with Crippen molar-refractivity contribution in [3.8, 4) is 0 Å². The van der Waals surface area contributed by atoms with Crippen molar-refractivity contribution in [2.24, 2.45) is 11.7 Å². The molecule has 2 rings (SSSR count). The van der Waals surface area contributed by atoms with Crippen LogP contribution in [0, 0.1) is 0 Å². The summed E-state index contributed by atoms with van der Waals surface area (Å²) in [6.07, 6.45) is 0. The number of nitrogens with two attached hydrogens (primary N) is 2. The first kappa shape index (κ1) is 12.9. The molecule has 0 aliphatic rings. The normalized spacial score (nSPS) is 9.29. The van der Waals surface area contributed by atoms with E-state index in [4.69, 9.17) is 5.11 Å². The maximum Gasteiger partial charge on any atom is 0.322 e. The molecule has 0 aliphatic carbocycles. The molecule has 0 amide bonds. The summed E-state index contributed by atoms with van der Waals surface area (Å²) in [5, 5.41) is 12.3. The van der Waals surface area contributed by atoms with E-state index in [0.717, 1.165) is 10.9 Å². The number of rotatable bonds is 3. The van der Waals surface area contributed by atoms with Gasteiger partial charge in [-0.2, -0.15) is 0 Å². The fraction of sp³-hybridized carbons (Fsp3) is 0.0909. The molecule has 0 saturated heterocycles. The number of hydrogen-bond donors (Lipinski definition) is 4.